The van der Waals surface area contributed by atoms with E-state index in [0.29, 0.717) is 19.4 Å². The number of benzene rings is 3. The summed E-state index contributed by atoms with van der Waals surface area (Å²) in [5.41, 5.74) is 11.0. The molecular weight excluding hydrogens is 452 g/mol. The number of ether oxygens (including phenoxy) is 1. The highest BCUT2D eigenvalue weighted by molar-refractivity contribution is 5.79. The number of fused-ring (bicyclic) bond motifs is 3. The highest BCUT2D eigenvalue weighted by Gasteiger charge is 2.31. The Labute approximate surface area is 212 Å². The fourth-order valence-corrected chi connectivity index (χ4v) is 5.06. The molecule has 0 saturated carbocycles. The van der Waals surface area contributed by atoms with E-state index in [9.17, 15) is 14.7 Å². The highest BCUT2D eigenvalue weighted by atomic mass is 16.6. The van der Waals surface area contributed by atoms with Gasteiger partial charge in [-0.3, -0.25) is 4.79 Å². The number of hydrogen-bond acceptors (Lipinski definition) is 4. The maximum atomic E-state index is 13.5. The number of nitrogens with zero attached hydrogens (tertiary/aromatic N) is 1. The molecule has 6 nitrogen and oxygen atoms in total. The first-order valence-corrected chi connectivity index (χ1v) is 12.5. The molecule has 0 aliphatic heterocycles. The zero-order valence-corrected chi connectivity index (χ0v) is 20.7. The number of carbonyl (C=O) groups is 2. The van der Waals surface area contributed by atoms with Crippen LogP contribution in [-0.2, 0) is 16.0 Å². The minimum atomic E-state index is -0.460. The van der Waals surface area contributed by atoms with Gasteiger partial charge in [-0.05, 0) is 46.6 Å². The normalized spacial score (nSPS) is 13.9. The van der Waals surface area contributed by atoms with Crippen molar-refractivity contribution in [2.24, 2.45) is 11.7 Å². The molecule has 3 N–H and O–H groups in total. The van der Waals surface area contributed by atoms with Gasteiger partial charge in [0.05, 0.1) is 12.6 Å². The molecule has 0 aromatic heterocycles. The van der Waals surface area contributed by atoms with E-state index in [1.807, 2.05) is 61.5 Å². The highest BCUT2D eigenvalue weighted by Crippen LogP contribution is 2.44. The van der Waals surface area contributed by atoms with Gasteiger partial charge < -0.3 is 20.5 Å². The fourth-order valence-electron chi connectivity index (χ4n) is 5.06. The molecule has 2 atom stereocenters. The van der Waals surface area contributed by atoms with Crippen LogP contribution in [0.3, 0.4) is 0 Å². The summed E-state index contributed by atoms with van der Waals surface area (Å²) in [5.74, 6) is -0.390. The van der Waals surface area contributed by atoms with E-state index in [1.165, 1.54) is 11.1 Å². The third-order valence-electron chi connectivity index (χ3n) is 6.95. The van der Waals surface area contributed by atoms with Gasteiger partial charge >= 0.3 is 6.09 Å². The van der Waals surface area contributed by atoms with Gasteiger partial charge in [-0.25, -0.2) is 4.79 Å². The molecule has 0 fully saturated rings. The van der Waals surface area contributed by atoms with Crippen LogP contribution in [0, 0.1) is 5.92 Å². The lowest BCUT2D eigenvalue weighted by Gasteiger charge is -2.31. The summed E-state index contributed by atoms with van der Waals surface area (Å²) < 4.78 is 5.92. The second-order valence-electron chi connectivity index (χ2n) is 9.59. The number of amides is 2. The summed E-state index contributed by atoms with van der Waals surface area (Å²) in [4.78, 5) is 26.4. The van der Waals surface area contributed by atoms with Crippen LogP contribution in [0.25, 0.3) is 11.1 Å². The van der Waals surface area contributed by atoms with Crippen LogP contribution in [0.1, 0.15) is 42.4 Å². The lowest BCUT2D eigenvalue weighted by molar-refractivity contribution is -0.118. The minimum Gasteiger partial charge on any atom is -0.448 e. The molecule has 2 unspecified atom stereocenters. The fraction of sp³-hybridized carbons (Fsp3) is 0.333. The van der Waals surface area contributed by atoms with Gasteiger partial charge in [0.15, 0.2) is 0 Å². The van der Waals surface area contributed by atoms with Crippen molar-refractivity contribution in [3.05, 3.63) is 95.6 Å². The zero-order chi connectivity index (χ0) is 25.5. The second-order valence-corrected chi connectivity index (χ2v) is 9.59. The summed E-state index contributed by atoms with van der Waals surface area (Å²) in [5, 5.41) is 10.2. The summed E-state index contributed by atoms with van der Waals surface area (Å²) in [6.07, 6.45) is 0.878. The van der Waals surface area contributed by atoms with Crippen LogP contribution < -0.4 is 5.73 Å². The van der Waals surface area contributed by atoms with E-state index in [4.69, 9.17) is 10.5 Å². The summed E-state index contributed by atoms with van der Waals surface area (Å²) in [7, 11) is 0. The number of rotatable bonds is 11. The maximum Gasteiger partial charge on any atom is 0.410 e. The lowest BCUT2D eigenvalue weighted by Crippen LogP contribution is -2.45. The first kappa shape index (κ1) is 25.5. The van der Waals surface area contributed by atoms with Crippen LogP contribution >= 0.6 is 0 Å². The standard InChI is InChI=1S/C30H34N2O4/c1-21(17-29(31)34)15-16-32(23(19-33)18-22-9-3-2-4-10-22)30(35)36-20-28-26-13-7-5-11-24(26)25-12-6-8-14-27(25)28/h2-14,21,23,28,33H,15-20H2,1H3,(H2,31,34). The molecule has 2 amide bonds. The van der Waals surface area contributed by atoms with Gasteiger partial charge in [-0.15, -0.1) is 0 Å². The van der Waals surface area contributed by atoms with Crippen molar-refractivity contribution < 1.29 is 19.4 Å². The van der Waals surface area contributed by atoms with Gasteiger partial charge in [0.2, 0.25) is 5.91 Å². The first-order chi connectivity index (χ1) is 17.5. The molecule has 3 aromatic carbocycles. The van der Waals surface area contributed by atoms with Gasteiger partial charge in [-0.1, -0.05) is 85.8 Å². The second kappa shape index (κ2) is 11.9. The quantitative estimate of drug-likeness (QED) is 0.409. The Morgan fingerprint density at radius 3 is 2.11 bits per heavy atom. The molecule has 36 heavy (non-hydrogen) atoms. The van der Waals surface area contributed by atoms with Crippen molar-refractivity contribution >= 4 is 12.0 Å². The molecule has 1 aliphatic rings. The maximum absolute atomic E-state index is 13.5. The topological polar surface area (TPSA) is 92.9 Å². The van der Waals surface area contributed by atoms with E-state index >= 15 is 0 Å². The largest absolute Gasteiger partial charge is 0.448 e. The Morgan fingerprint density at radius 2 is 1.53 bits per heavy atom. The smallest absolute Gasteiger partial charge is 0.410 e. The SMILES string of the molecule is CC(CCN(C(=O)OCC1c2ccccc2-c2ccccc21)C(CO)Cc1ccccc1)CC(N)=O. The Kier molecular flexibility index (Phi) is 8.39. The summed E-state index contributed by atoms with van der Waals surface area (Å²) >= 11 is 0. The Balaban J connectivity index is 1.51. The van der Waals surface area contributed by atoms with Gasteiger partial charge in [-0.2, -0.15) is 0 Å². The van der Waals surface area contributed by atoms with Gasteiger partial charge in [0, 0.05) is 18.9 Å². The molecule has 0 spiro atoms. The van der Waals surface area contributed by atoms with E-state index in [2.05, 4.69) is 24.3 Å². The monoisotopic (exact) mass is 486 g/mol. The van der Waals surface area contributed by atoms with E-state index in [1.54, 1.807) is 4.90 Å². The molecular formula is C30H34N2O4. The molecule has 0 radical (unpaired) electrons. The van der Waals surface area contributed by atoms with E-state index in [-0.39, 0.29) is 37.4 Å². The van der Waals surface area contributed by atoms with Crippen molar-refractivity contribution in [1.82, 2.24) is 4.90 Å². The number of hydrogen-bond donors (Lipinski definition) is 2. The number of primary amides is 1. The van der Waals surface area contributed by atoms with Crippen molar-refractivity contribution in [3.63, 3.8) is 0 Å². The predicted molar refractivity (Wildman–Crippen MR) is 140 cm³/mol. The number of aliphatic hydroxyl groups is 1. The predicted octanol–water partition coefficient (Wildman–Crippen LogP) is 4.74. The van der Waals surface area contributed by atoms with Crippen molar-refractivity contribution in [2.75, 3.05) is 19.8 Å². The van der Waals surface area contributed by atoms with Crippen LogP contribution in [0.4, 0.5) is 4.79 Å². The molecule has 0 bridgehead atoms. The van der Waals surface area contributed by atoms with Crippen LogP contribution in [0.15, 0.2) is 78.9 Å². The van der Waals surface area contributed by atoms with Crippen molar-refractivity contribution in [2.45, 2.75) is 38.1 Å². The van der Waals surface area contributed by atoms with E-state index in [0.717, 1.165) is 16.7 Å². The number of nitrogens with two attached hydrogens (primary N) is 1. The molecule has 0 saturated heterocycles. The van der Waals surface area contributed by atoms with Crippen LogP contribution in [0.2, 0.25) is 0 Å². The zero-order valence-electron chi connectivity index (χ0n) is 20.7. The molecule has 0 heterocycles. The van der Waals surface area contributed by atoms with Crippen molar-refractivity contribution in [1.29, 1.82) is 0 Å². The minimum absolute atomic E-state index is 0.0162. The Bertz CT molecular complexity index is 1130. The average Bonchev–Trinajstić information content (AvgIpc) is 3.20. The lowest BCUT2D eigenvalue weighted by atomic mass is 9.98. The van der Waals surface area contributed by atoms with Crippen molar-refractivity contribution in [3.8, 4) is 11.1 Å². The van der Waals surface area contributed by atoms with Crippen LogP contribution in [-0.4, -0.2) is 47.8 Å². The third kappa shape index (κ3) is 5.94. The summed E-state index contributed by atoms with van der Waals surface area (Å²) in [6.45, 7) is 2.32. The molecule has 188 valence electrons. The average molecular weight is 487 g/mol. The summed E-state index contributed by atoms with van der Waals surface area (Å²) in [6, 6.07) is 25.8. The molecule has 6 heteroatoms. The third-order valence-corrected chi connectivity index (χ3v) is 6.95. The number of carbonyl (C=O) groups excluding carboxylic acids is 2. The first-order valence-electron chi connectivity index (χ1n) is 12.5. The van der Waals surface area contributed by atoms with E-state index < -0.39 is 12.1 Å². The number of aliphatic hydroxyl groups excluding tert-OH is 1. The molecule has 4 rings (SSSR count). The Morgan fingerprint density at radius 1 is 0.944 bits per heavy atom. The van der Waals surface area contributed by atoms with Gasteiger partial charge in [0.25, 0.3) is 0 Å². The Hall–Kier alpha value is -3.64. The van der Waals surface area contributed by atoms with Crippen LogP contribution in [0.5, 0.6) is 0 Å². The van der Waals surface area contributed by atoms with Gasteiger partial charge in [0.1, 0.15) is 6.61 Å². The molecule has 3 aromatic rings. The molecule has 1 aliphatic carbocycles.